The second kappa shape index (κ2) is 9.47. The zero-order chi connectivity index (χ0) is 24.6. The molecule has 2 unspecified atom stereocenters. The summed E-state index contributed by atoms with van der Waals surface area (Å²) < 4.78 is 42.0. The molecule has 0 saturated heterocycles. The van der Waals surface area contributed by atoms with Crippen LogP contribution in [0.1, 0.15) is 5.56 Å². The largest absolute Gasteiger partial charge is 0.390 e. The number of fused-ring (bicyclic) bond motifs is 1. The highest BCUT2D eigenvalue weighted by atomic mass is 35.5. The number of aromatic amines is 1. The van der Waals surface area contributed by atoms with Crippen LogP contribution in [0.2, 0.25) is 5.02 Å². The first kappa shape index (κ1) is 23.8. The number of oxime groups is 1. The molecule has 2 heterocycles. The van der Waals surface area contributed by atoms with Gasteiger partial charge in [0, 0.05) is 23.7 Å². The van der Waals surface area contributed by atoms with Crippen molar-refractivity contribution < 1.29 is 22.8 Å². The molecule has 2 aromatic carbocycles. The lowest BCUT2D eigenvalue weighted by molar-refractivity contribution is -0.123. The maximum atomic E-state index is 14.4. The lowest BCUT2D eigenvalue weighted by Gasteiger charge is -2.28. The maximum Gasteiger partial charge on any atom is 0.248 e. The molecule has 2 atom stereocenters. The van der Waals surface area contributed by atoms with Crippen LogP contribution in [0.4, 0.5) is 18.9 Å². The van der Waals surface area contributed by atoms with Gasteiger partial charge in [0.15, 0.2) is 17.7 Å². The minimum absolute atomic E-state index is 0.203. The molecule has 0 saturated carbocycles. The van der Waals surface area contributed by atoms with Gasteiger partial charge in [-0.3, -0.25) is 9.59 Å². The van der Waals surface area contributed by atoms with Crippen LogP contribution in [-0.4, -0.2) is 48.7 Å². The van der Waals surface area contributed by atoms with Crippen LogP contribution in [0.25, 0.3) is 10.9 Å². The number of carbonyl (C=O) groups is 1. The molecule has 1 amide bonds. The molecule has 4 rings (SSSR count). The van der Waals surface area contributed by atoms with Gasteiger partial charge in [-0.25, -0.2) is 13.2 Å². The summed E-state index contributed by atoms with van der Waals surface area (Å²) in [6.07, 6.45) is 0.794. The van der Waals surface area contributed by atoms with Gasteiger partial charge in [-0.15, -0.1) is 0 Å². The molecule has 0 bridgehead atoms. The molecule has 1 aliphatic heterocycles. The number of rotatable bonds is 6. The maximum absolute atomic E-state index is 14.4. The second-order valence-corrected chi connectivity index (χ2v) is 8.56. The van der Waals surface area contributed by atoms with E-state index >= 15 is 0 Å². The lowest BCUT2D eigenvalue weighted by Crippen LogP contribution is -2.43. The number of hydrogen-bond acceptors (Lipinski definition) is 5. The zero-order valence-corrected chi connectivity index (χ0v) is 18.9. The van der Waals surface area contributed by atoms with E-state index in [1.165, 1.54) is 35.4 Å². The molecule has 11 heteroatoms. The first-order valence-corrected chi connectivity index (χ1v) is 10.6. The Hall–Kier alpha value is -3.37. The summed E-state index contributed by atoms with van der Waals surface area (Å²) in [5.74, 6) is -4.24. The van der Waals surface area contributed by atoms with E-state index in [9.17, 15) is 22.8 Å². The molecule has 7 nitrogen and oxygen atoms in total. The van der Waals surface area contributed by atoms with Crippen molar-refractivity contribution in [2.75, 3.05) is 25.5 Å². The monoisotopic (exact) mass is 492 g/mol. The number of halogens is 4. The van der Waals surface area contributed by atoms with Crippen molar-refractivity contribution in [1.29, 1.82) is 0 Å². The molecule has 1 N–H and O–H groups in total. The zero-order valence-electron chi connectivity index (χ0n) is 18.2. The van der Waals surface area contributed by atoms with Crippen LogP contribution >= 0.6 is 11.6 Å². The van der Waals surface area contributed by atoms with Gasteiger partial charge in [-0.05, 0) is 50.0 Å². The van der Waals surface area contributed by atoms with Gasteiger partial charge in [0.25, 0.3) is 0 Å². The van der Waals surface area contributed by atoms with Gasteiger partial charge < -0.3 is 19.6 Å². The standard InChI is InChI=1S/C23H20ClF3N4O3/c1-30(2)11-19-15(9-28-34-19)23(33)31(13-3-5-17(25)16(24)8-13)10-12-7-20(32)29-22-14(12)4-6-18(26)21(22)27/h3-9,15,19H,10-11H2,1-2H3,(H,29,32). The highest BCUT2D eigenvalue weighted by Gasteiger charge is 2.37. The molecule has 1 aromatic heterocycles. The summed E-state index contributed by atoms with van der Waals surface area (Å²) in [7, 11) is 3.63. The Morgan fingerprint density at radius 2 is 1.88 bits per heavy atom. The lowest BCUT2D eigenvalue weighted by atomic mass is 10.0. The number of likely N-dealkylation sites (N-methyl/N-ethyl adjacent to an activating group) is 1. The van der Waals surface area contributed by atoms with Gasteiger partial charge in [0.1, 0.15) is 11.7 Å². The Kier molecular flexibility index (Phi) is 6.63. The number of carbonyl (C=O) groups excluding carboxylic acids is 1. The Balaban J connectivity index is 1.80. The fourth-order valence-electron chi connectivity index (χ4n) is 3.84. The van der Waals surface area contributed by atoms with E-state index in [0.717, 1.165) is 12.1 Å². The number of H-pyrrole nitrogens is 1. The molecule has 178 valence electrons. The van der Waals surface area contributed by atoms with Gasteiger partial charge in [-0.1, -0.05) is 16.8 Å². The summed E-state index contributed by atoms with van der Waals surface area (Å²) in [6, 6.07) is 7.20. The van der Waals surface area contributed by atoms with Gasteiger partial charge in [0.05, 0.1) is 23.3 Å². The third kappa shape index (κ3) is 4.64. The summed E-state index contributed by atoms with van der Waals surface area (Å²) in [4.78, 5) is 36.6. The number of hydrogen-bond donors (Lipinski definition) is 1. The van der Waals surface area contributed by atoms with Crippen molar-refractivity contribution >= 4 is 40.3 Å². The number of benzene rings is 2. The molecule has 0 radical (unpaired) electrons. The summed E-state index contributed by atoms with van der Waals surface area (Å²) in [6.45, 7) is 0.193. The van der Waals surface area contributed by atoms with Crippen LogP contribution in [0.15, 0.2) is 46.3 Å². The molecular weight excluding hydrogens is 473 g/mol. The molecule has 34 heavy (non-hydrogen) atoms. The van der Waals surface area contributed by atoms with Crippen LogP contribution in [0.5, 0.6) is 0 Å². The van der Waals surface area contributed by atoms with Crippen molar-refractivity contribution in [3.05, 3.63) is 74.8 Å². The molecule has 3 aromatic rings. The number of nitrogens with zero attached hydrogens (tertiary/aromatic N) is 3. The van der Waals surface area contributed by atoms with Crippen molar-refractivity contribution in [2.45, 2.75) is 12.6 Å². The van der Waals surface area contributed by atoms with Crippen LogP contribution in [0, 0.1) is 23.4 Å². The first-order valence-electron chi connectivity index (χ1n) is 10.3. The van der Waals surface area contributed by atoms with Crippen molar-refractivity contribution in [3.8, 4) is 0 Å². The fourth-order valence-corrected chi connectivity index (χ4v) is 4.01. The average molecular weight is 493 g/mol. The fraction of sp³-hybridized carbons (Fsp3) is 0.261. The van der Waals surface area contributed by atoms with E-state index in [-0.39, 0.29) is 33.7 Å². The Bertz CT molecular complexity index is 1350. The summed E-state index contributed by atoms with van der Waals surface area (Å²) in [5.41, 5.74) is -0.487. The van der Waals surface area contributed by atoms with Crippen molar-refractivity contribution in [3.63, 3.8) is 0 Å². The number of amides is 1. The smallest absolute Gasteiger partial charge is 0.248 e. The SMILES string of the molecule is CN(C)CC1ON=CC1C(=O)N(Cc1cc(=O)[nH]c2c(F)c(F)ccc12)c1ccc(F)c(Cl)c1. The van der Waals surface area contributed by atoms with Crippen molar-refractivity contribution in [1.82, 2.24) is 9.88 Å². The molecule has 0 aliphatic carbocycles. The van der Waals surface area contributed by atoms with E-state index in [1.807, 2.05) is 19.0 Å². The number of aromatic nitrogens is 1. The predicted octanol–water partition coefficient (Wildman–Crippen LogP) is 3.69. The van der Waals surface area contributed by atoms with Crippen LogP contribution < -0.4 is 10.5 Å². The Morgan fingerprint density at radius 1 is 1.15 bits per heavy atom. The average Bonchev–Trinajstić information content (AvgIpc) is 3.23. The van der Waals surface area contributed by atoms with E-state index in [2.05, 4.69) is 10.1 Å². The van der Waals surface area contributed by atoms with E-state index in [1.54, 1.807) is 0 Å². The highest BCUT2D eigenvalue weighted by molar-refractivity contribution is 6.31. The molecular formula is C23H20ClF3N4O3. The highest BCUT2D eigenvalue weighted by Crippen LogP contribution is 2.29. The van der Waals surface area contributed by atoms with Gasteiger partial charge >= 0.3 is 0 Å². The third-order valence-electron chi connectivity index (χ3n) is 5.45. The van der Waals surface area contributed by atoms with Gasteiger partial charge in [-0.2, -0.15) is 0 Å². The molecule has 0 spiro atoms. The molecule has 1 aliphatic rings. The molecule has 0 fully saturated rings. The number of pyridine rings is 1. The minimum atomic E-state index is -1.21. The topological polar surface area (TPSA) is 78.0 Å². The summed E-state index contributed by atoms with van der Waals surface area (Å²) >= 11 is 5.96. The van der Waals surface area contributed by atoms with E-state index in [4.69, 9.17) is 16.4 Å². The summed E-state index contributed by atoms with van der Waals surface area (Å²) in [5, 5.41) is 3.79. The van der Waals surface area contributed by atoms with Gasteiger partial charge in [0.2, 0.25) is 11.5 Å². The second-order valence-electron chi connectivity index (χ2n) is 8.15. The Labute approximate surface area is 197 Å². The minimum Gasteiger partial charge on any atom is -0.390 e. The normalized spacial score (nSPS) is 17.4. The number of anilines is 1. The first-order chi connectivity index (χ1) is 16.2. The predicted molar refractivity (Wildman–Crippen MR) is 122 cm³/mol. The van der Waals surface area contributed by atoms with E-state index in [0.29, 0.717) is 6.54 Å². The van der Waals surface area contributed by atoms with E-state index < -0.39 is 40.9 Å². The number of nitrogens with one attached hydrogen (secondary N) is 1. The van der Waals surface area contributed by atoms with Crippen LogP contribution in [0.3, 0.4) is 0 Å². The quantitative estimate of drug-likeness (QED) is 0.569. The van der Waals surface area contributed by atoms with Crippen LogP contribution in [-0.2, 0) is 16.2 Å². The van der Waals surface area contributed by atoms with Crippen molar-refractivity contribution in [2.24, 2.45) is 11.1 Å². The third-order valence-corrected chi connectivity index (χ3v) is 5.74. The Morgan fingerprint density at radius 3 is 2.59 bits per heavy atom.